The van der Waals surface area contributed by atoms with Crippen LogP contribution in [-0.4, -0.2) is 58.5 Å². The SMILES string of the molecule is C=CCC1(OCc2ccccc2)CCN(C2CCN(C(=O)c3cccnc3)CC2)CC1. The fraction of sp³-hybridized carbons (Fsp3) is 0.462. The molecule has 2 aliphatic heterocycles. The van der Waals surface area contributed by atoms with Gasteiger partial charge in [-0.3, -0.25) is 9.78 Å². The van der Waals surface area contributed by atoms with Gasteiger partial charge in [0.05, 0.1) is 17.8 Å². The zero-order valence-electron chi connectivity index (χ0n) is 18.3. The highest BCUT2D eigenvalue weighted by Gasteiger charge is 2.37. The molecule has 0 bridgehead atoms. The molecule has 2 aromatic rings. The lowest BCUT2D eigenvalue weighted by molar-refractivity contribution is -0.0980. The lowest BCUT2D eigenvalue weighted by atomic mass is 9.86. The normalized spacial score (nSPS) is 19.8. The summed E-state index contributed by atoms with van der Waals surface area (Å²) < 4.78 is 6.47. The van der Waals surface area contributed by atoms with Gasteiger partial charge in [0.2, 0.25) is 0 Å². The van der Waals surface area contributed by atoms with Crippen LogP contribution in [-0.2, 0) is 11.3 Å². The number of likely N-dealkylation sites (tertiary alicyclic amines) is 2. The van der Waals surface area contributed by atoms with E-state index < -0.39 is 0 Å². The molecule has 0 spiro atoms. The van der Waals surface area contributed by atoms with Crippen LogP contribution in [0.5, 0.6) is 0 Å². The van der Waals surface area contributed by atoms with Crippen molar-refractivity contribution < 1.29 is 9.53 Å². The predicted octanol–water partition coefficient (Wildman–Crippen LogP) is 4.31. The van der Waals surface area contributed by atoms with Crippen LogP contribution in [0.4, 0.5) is 0 Å². The third-order valence-corrected chi connectivity index (χ3v) is 6.79. The first kappa shape index (κ1) is 21.7. The van der Waals surface area contributed by atoms with Gasteiger partial charge in [-0.2, -0.15) is 0 Å². The van der Waals surface area contributed by atoms with E-state index in [0.29, 0.717) is 18.2 Å². The van der Waals surface area contributed by atoms with Gasteiger partial charge < -0.3 is 14.5 Å². The molecule has 0 saturated carbocycles. The van der Waals surface area contributed by atoms with Crippen LogP contribution in [0.2, 0.25) is 0 Å². The summed E-state index contributed by atoms with van der Waals surface area (Å²) in [6, 6.07) is 14.6. The highest BCUT2D eigenvalue weighted by Crippen LogP contribution is 2.33. The maximum atomic E-state index is 12.7. The third kappa shape index (κ3) is 5.41. The summed E-state index contributed by atoms with van der Waals surface area (Å²) >= 11 is 0. The fourth-order valence-corrected chi connectivity index (χ4v) is 4.88. The Morgan fingerprint density at radius 2 is 1.84 bits per heavy atom. The minimum atomic E-state index is -0.106. The number of nitrogens with zero attached hydrogens (tertiary/aromatic N) is 3. The highest BCUT2D eigenvalue weighted by molar-refractivity contribution is 5.93. The van der Waals surface area contributed by atoms with E-state index in [-0.39, 0.29) is 11.5 Å². The largest absolute Gasteiger partial charge is 0.370 e. The third-order valence-electron chi connectivity index (χ3n) is 6.79. The molecule has 164 valence electrons. The first-order valence-electron chi connectivity index (χ1n) is 11.4. The average Bonchev–Trinajstić information content (AvgIpc) is 2.84. The van der Waals surface area contributed by atoms with Crippen molar-refractivity contribution >= 4 is 5.91 Å². The molecule has 1 aromatic carbocycles. The number of amides is 1. The number of rotatable bonds is 7. The Hall–Kier alpha value is -2.50. The molecule has 5 nitrogen and oxygen atoms in total. The summed E-state index contributed by atoms with van der Waals surface area (Å²) in [6.45, 7) is 8.36. The van der Waals surface area contributed by atoms with E-state index in [4.69, 9.17) is 4.74 Å². The van der Waals surface area contributed by atoms with Gasteiger partial charge in [0.1, 0.15) is 0 Å². The number of carbonyl (C=O) groups is 1. The van der Waals surface area contributed by atoms with Gasteiger partial charge in [0.25, 0.3) is 5.91 Å². The van der Waals surface area contributed by atoms with Crippen molar-refractivity contribution in [3.8, 4) is 0 Å². The predicted molar refractivity (Wildman–Crippen MR) is 123 cm³/mol. The minimum Gasteiger partial charge on any atom is -0.370 e. The zero-order valence-corrected chi connectivity index (χ0v) is 18.3. The van der Waals surface area contributed by atoms with E-state index >= 15 is 0 Å². The quantitative estimate of drug-likeness (QED) is 0.627. The van der Waals surface area contributed by atoms with Gasteiger partial charge in [-0.15, -0.1) is 6.58 Å². The Bertz CT molecular complexity index is 839. The fourth-order valence-electron chi connectivity index (χ4n) is 4.88. The molecule has 0 radical (unpaired) electrons. The number of piperidine rings is 2. The molecule has 0 atom stereocenters. The molecule has 2 fully saturated rings. The van der Waals surface area contributed by atoms with Crippen molar-refractivity contribution in [3.05, 3.63) is 78.6 Å². The molecule has 1 amide bonds. The first-order valence-corrected chi connectivity index (χ1v) is 11.4. The topological polar surface area (TPSA) is 45.7 Å². The lowest BCUT2D eigenvalue weighted by Gasteiger charge is -2.46. The lowest BCUT2D eigenvalue weighted by Crippen LogP contribution is -2.52. The summed E-state index contributed by atoms with van der Waals surface area (Å²) in [5.41, 5.74) is 1.80. The number of aromatic nitrogens is 1. The number of hydrogen-bond acceptors (Lipinski definition) is 4. The van der Waals surface area contributed by atoms with E-state index in [1.807, 2.05) is 29.2 Å². The molecular formula is C26H33N3O2. The van der Waals surface area contributed by atoms with Crippen molar-refractivity contribution in [1.82, 2.24) is 14.8 Å². The highest BCUT2D eigenvalue weighted by atomic mass is 16.5. The summed E-state index contributed by atoms with van der Waals surface area (Å²) in [5, 5.41) is 0. The number of ether oxygens (including phenoxy) is 1. The van der Waals surface area contributed by atoms with Crippen LogP contribution in [0.1, 0.15) is 48.0 Å². The molecule has 31 heavy (non-hydrogen) atoms. The molecule has 0 N–H and O–H groups in total. The summed E-state index contributed by atoms with van der Waals surface area (Å²) in [4.78, 5) is 21.3. The Labute approximate surface area is 185 Å². The average molecular weight is 420 g/mol. The Balaban J connectivity index is 1.28. The summed E-state index contributed by atoms with van der Waals surface area (Å²) in [6.07, 6.45) is 10.4. The molecule has 4 rings (SSSR count). The molecule has 2 saturated heterocycles. The standard InChI is InChI=1S/C26H33N3O2/c1-2-12-26(31-21-22-7-4-3-5-8-22)13-18-28(19-14-26)24-10-16-29(17-11-24)25(30)23-9-6-15-27-20-23/h2-9,15,20,24H,1,10-14,16-19,21H2. The summed E-state index contributed by atoms with van der Waals surface area (Å²) in [7, 11) is 0. The van der Waals surface area contributed by atoms with Crippen LogP contribution >= 0.6 is 0 Å². The van der Waals surface area contributed by atoms with Crippen LogP contribution < -0.4 is 0 Å². The van der Waals surface area contributed by atoms with Gasteiger partial charge in [-0.1, -0.05) is 36.4 Å². The van der Waals surface area contributed by atoms with Crippen LogP contribution in [0.3, 0.4) is 0 Å². The van der Waals surface area contributed by atoms with Crippen molar-refractivity contribution in [2.24, 2.45) is 0 Å². The number of carbonyl (C=O) groups excluding carboxylic acids is 1. The van der Waals surface area contributed by atoms with Crippen molar-refractivity contribution in [2.45, 2.75) is 50.4 Å². The van der Waals surface area contributed by atoms with Crippen LogP contribution in [0.25, 0.3) is 0 Å². The number of hydrogen-bond donors (Lipinski definition) is 0. The zero-order chi connectivity index (χ0) is 21.5. The van der Waals surface area contributed by atoms with Gasteiger partial charge >= 0.3 is 0 Å². The van der Waals surface area contributed by atoms with Crippen LogP contribution in [0.15, 0.2) is 67.5 Å². The van der Waals surface area contributed by atoms with Gasteiger partial charge in [0.15, 0.2) is 0 Å². The number of benzene rings is 1. The van der Waals surface area contributed by atoms with E-state index in [0.717, 1.165) is 58.3 Å². The van der Waals surface area contributed by atoms with Gasteiger partial charge in [-0.25, -0.2) is 0 Å². The minimum absolute atomic E-state index is 0.101. The van der Waals surface area contributed by atoms with Gasteiger partial charge in [-0.05, 0) is 49.8 Å². The van der Waals surface area contributed by atoms with Crippen LogP contribution in [0, 0.1) is 0 Å². The summed E-state index contributed by atoms with van der Waals surface area (Å²) in [5.74, 6) is 0.101. The maximum absolute atomic E-state index is 12.7. The Kier molecular flexibility index (Phi) is 7.15. The molecule has 2 aliphatic rings. The molecule has 5 heteroatoms. The van der Waals surface area contributed by atoms with Crippen molar-refractivity contribution in [2.75, 3.05) is 26.2 Å². The second kappa shape index (κ2) is 10.2. The van der Waals surface area contributed by atoms with E-state index in [1.165, 1.54) is 5.56 Å². The van der Waals surface area contributed by atoms with E-state index in [9.17, 15) is 4.79 Å². The van der Waals surface area contributed by atoms with E-state index in [2.05, 4.69) is 40.7 Å². The Morgan fingerprint density at radius 3 is 2.48 bits per heavy atom. The first-order chi connectivity index (χ1) is 15.2. The second-order valence-corrected chi connectivity index (χ2v) is 8.75. The Morgan fingerprint density at radius 1 is 1.10 bits per heavy atom. The maximum Gasteiger partial charge on any atom is 0.255 e. The molecule has 0 aliphatic carbocycles. The van der Waals surface area contributed by atoms with Crippen molar-refractivity contribution in [3.63, 3.8) is 0 Å². The van der Waals surface area contributed by atoms with Gasteiger partial charge in [0, 0.05) is 44.6 Å². The smallest absolute Gasteiger partial charge is 0.255 e. The molecular weight excluding hydrogens is 386 g/mol. The second-order valence-electron chi connectivity index (χ2n) is 8.75. The molecule has 3 heterocycles. The van der Waals surface area contributed by atoms with Crippen molar-refractivity contribution in [1.29, 1.82) is 0 Å². The number of pyridine rings is 1. The molecule has 1 aromatic heterocycles. The monoisotopic (exact) mass is 419 g/mol. The van der Waals surface area contributed by atoms with E-state index in [1.54, 1.807) is 12.4 Å². The molecule has 0 unspecified atom stereocenters.